The third kappa shape index (κ3) is 6.29. The van der Waals surface area contributed by atoms with Gasteiger partial charge < -0.3 is 19.7 Å². The lowest BCUT2D eigenvalue weighted by Crippen LogP contribution is -2.50. The number of ether oxygens (including phenoxy) is 2. The number of carbonyl (C=O) groups is 4. The first-order chi connectivity index (χ1) is 21.2. The standard InChI is InChI=1S/C32H29ClN4O6S/c1-4-25(31(40)35-23-14-13-21(42-2)15-27(23)43-3)36(16-28-34-24(18-44-28)19-9-11-20(33)12-10-19)29(38)17-37-26-8-6-5-7-22(26)30(39)32(37)41/h5-15,18,25H,4,16-17H2,1-3H3,(H,35,40). The van der Waals surface area contributed by atoms with E-state index in [2.05, 4.69) is 5.32 Å². The number of para-hydroxylation sites is 1. The van der Waals surface area contributed by atoms with Gasteiger partial charge in [-0.15, -0.1) is 11.3 Å². The third-order valence-corrected chi connectivity index (χ3v) is 8.31. The number of nitrogens with zero attached hydrogens (tertiary/aromatic N) is 3. The van der Waals surface area contributed by atoms with Crippen LogP contribution in [0.1, 0.15) is 28.7 Å². The first kappa shape index (κ1) is 30.7. The Labute approximate surface area is 263 Å². The Kier molecular flexibility index (Phi) is 9.26. The lowest BCUT2D eigenvalue weighted by molar-refractivity contribution is -0.138. The lowest BCUT2D eigenvalue weighted by Gasteiger charge is -2.31. The highest BCUT2D eigenvalue weighted by atomic mass is 35.5. The van der Waals surface area contributed by atoms with Crippen molar-refractivity contribution in [3.63, 3.8) is 0 Å². The van der Waals surface area contributed by atoms with Crippen molar-refractivity contribution in [3.05, 3.63) is 87.7 Å². The van der Waals surface area contributed by atoms with Gasteiger partial charge in [0, 0.05) is 22.0 Å². The predicted molar refractivity (Wildman–Crippen MR) is 168 cm³/mol. The molecule has 10 nitrogen and oxygen atoms in total. The van der Waals surface area contributed by atoms with Gasteiger partial charge in [-0.3, -0.25) is 24.1 Å². The fraction of sp³-hybridized carbons (Fsp3) is 0.219. The number of halogens is 1. The van der Waals surface area contributed by atoms with Crippen LogP contribution in [0.4, 0.5) is 11.4 Å². The molecule has 1 aliphatic rings. The number of hydrogen-bond donors (Lipinski definition) is 1. The zero-order valence-corrected chi connectivity index (χ0v) is 25.8. The molecule has 0 aliphatic carbocycles. The molecule has 1 unspecified atom stereocenters. The van der Waals surface area contributed by atoms with Crippen molar-refractivity contribution in [2.75, 3.05) is 31.0 Å². The molecule has 226 valence electrons. The van der Waals surface area contributed by atoms with Gasteiger partial charge in [0.1, 0.15) is 29.1 Å². The van der Waals surface area contributed by atoms with E-state index >= 15 is 0 Å². The summed E-state index contributed by atoms with van der Waals surface area (Å²) in [6.07, 6.45) is 0.259. The molecule has 2 heterocycles. The quantitative estimate of drug-likeness (QED) is 0.218. The smallest absolute Gasteiger partial charge is 0.299 e. The van der Waals surface area contributed by atoms with Crippen LogP contribution >= 0.6 is 22.9 Å². The van der Waals surface area contributed by atoms with Gasteiger partial charge in [0.05, 0.1) is 43.4 Å². The van der Waals surface area contributed by atoms with Crippen LogP contribution in [-0.4, -0.2) is 60.2 Å². The maximum atomic E-state index is 14.0. The maximum absolute atomic E-state index is 14.0. The van der Waals surface area contributed by atoms with Gasteiger partial charge in [0.15, 0.2) is 0 Å². The second-order valence-electron chi connectivity index (χ2n) is 9.87. The molecular weight excluding hydrogens is 604 g/mol. The Morgan fingerprint density at radius 2 is 1.80 bits per heavy atom. The van der Waals surface area contributed by atoms with Crippen LogP contribution in [0.25, 0.3) is 11.3 Å². The molecule has 0 fully saturated rings. The number of thiazole rings is 1. The molecular formula is C32H29ClN4O6S. The number of benzene rings is 3. The Balaban J connectivity index is 1.45. The van der Waals surface area contributed by atoms with E-state index in [1.807, 2.05) is 17.5 Å². The average Bonchev–Trinajstić information content (AvgIpc) is 3.60. The lowest BCUT2D eigenvalue weighted by atomic mass is 10.1. The fourth-order valence-corrected chi connectivity index (χ4v) is 5.88. The van der Waals surface area contributed by atoms with Gasteiger partial charge in [-0.1, -0.05) is 42.8 Å². The Morgan fingerprint density at radius 3 is 2.50 bits per heavy atom. The normalized spacial score (nSPS) is 13.0. The van der Waals surface area contributed by atoms with Crippen LogP contribution in [0.15, 0.2) is 72.1 Å². The molecule has 0 saturated heterocycles. The number of hydrogen-bond acceptors (Lipinski definition) is 8. The largest absolute Gasteiger partial charge is 0.497 e. The second-order valence-corrected chi connectivity index (χ2v) is 11.3. The minimum absolute atomic E-state index is 0.000385. The molecule has 0 radical (unpaired) electrons. The van der Waals surface area contributed by atoms with E-state index < -0.39 is 36.1 Å². The minimum atomic E-state index is -0.944. The number of methoxy groups -OCH3 is 2. The van der Waals surface area contributed by atoms with Crippen molar-refractivity contribution < 1.29 is 28.7 Å². The van der Waals surface area contributed by atoms with Gasteiger partial charge in [-0.25, -0.2) is 4.98 Å². The first-order valence-corrected chi connectivity index (χ1v) is 15.0. The molecule has 3 amide bonds. The van der Waals surface area contributed by atoms with Gasteiger partial charge in [0.2, 0.25) is 11.8 Å². The molecule has 12 heteroatoms. The number of carbonyl (C=O) groups excluding carboxylic acids is 4. The molecule has 1 aliphatic heterocycles. The van der Waals surface area contributed by atoms with E-state index in [1.165, 1.54) is 30.5 Å². The summed E-state index contributed by atoms with van der Waals surface area (Å²) in [6.45, 7) is 1.36. The zero-order valence-electron chi connectivity index (χ0n) is 24.2. The molecule has 0 bridgehead atoms. The first-order valence-electron chi connectivity index (χ1n) is 13.7. The Bertz CT molecular complexity index is 1720. The van der Waals surface area contributed by atoms with Gasteiger partial charge in [-0.2, -0.15) is 0 Å². The number of amides is 3. The van der Waals surface area contributed by atoms with E-state index in [-0.39, 0.29) is 18.5 Å². The Morgan fingerprint density at radius 1 is 1.05 bits per heavy atom. The number of ketones is 1. The topological polar surface area (TPSA) is 118 Å². The molecule has 5 rings (SSSR count). The van der Waals surface area contributed by atoms with Crippen LogP contribution < -0.4 is 19.7 Å². The molecule has 1 atom stereocenters. The fourth-order valence-electron chi connectivity index (χ4n) is 4.95. The molecule has 1 N–H and O–H groups in total. The summed E-state index contributed by atoms with van der Waals surface area (Å²) >= 11 is 7.38. The Hall–Kier alpha value is -4.74. The monoisotopic (exact) mass is 632 g/mol. The van der Waals surface area contributed by atoms with E-state index in [4.69, 9.17) is 26.1 Å². The van der Waals surface area contributed by atoms with Crippen molar-refractivity contribution in [1.82, 2.24) is 9.88 Å². The number of nitrogens with one attached hydrogen (secondary N) is 1. The van der Waals surface area contributed by atoms with Gasteiger partial charge >= 0.3 is 0 Å². The van der Waals surface area contributed by atoms with E-state index in [0.29, 0.717) is 38.6 Å². The number of anilines is 2. The summed E-state index contributed by atoms with van der Waals surface area (Å²) in [5.41, 5.74) is 2.54. The van der Waals surface area contributed by atoms with Crippen molar-refractivity contribution in [2.24, 2.45) is 0 Å². The number of rotatable bonds is 11. The van der Waals surface area contributed by atoms with Crippen molar-refractivity contribution in [2.45, 2.75) is 25.9 Å². The molecule has 3 aromatic carbocycles. The average molecular weight is 633 g/mol. The minimum Gasteiger partial charge on any atom is -0.497 e. The van der Waals surface area contributed by atoms with Crippen LogP contribution in [0.2, 0.25) is 5.02 Å². The maximum Gasteiger partial charge on any atom is 0.299 e. The highest BCUT2D eigenvalue weighted by Crippen LogP contribution is 2.31. The highest BCUT2D eigenvalue weighted by Gasteiger charge is 2.39. The zero-order chi connectivity index (χ0) is 31.4. The molecule has 0 saturated carbocycles. The van der Waals surface area contributed by atoms with Gasteiger partial charge in [-0.05, 0) is 42.8 Å². The number of aromatic nitrogens is 1. The van der Waals surface area contributed by atoms with E-state index in [0.717, 1.165) is 10.5 Å². The molecule has 0 spiro atoms. The van der Waals surface area contributed by atoms with Crippen LogP contribution in [-0.2, 0) is 20.9 Å². The third-order valence-electron chi connectivity index (χ3n) is 7.22. The summed E-state index contributed by atoms with van der Waals surface area (Å²) in [5, 5.41) is 5.92. The van der Waals surface area contributed by atoms with Crippen molar-refractivity contribution in [3.8, 4) is 22.8 Å². The number of fused-ring (bicyclic) bond motifs is 1. The van der Waals surface area contributed by atoms with E-state index in [9.17, 15) is 19.2 Å². The van der Waals surface area contributed by atoms with Crippen molar-refractivity contribution in [1.29, 1.82) is 0 Å². The molecule has 4 aromatic rings. The summed E-state index contributed by atoms with van der Waals surface area (Å²) in [4.78, 5) is 60.5. The van der Waals surface area contributed by atoms with Crippen LogP contribution in [0.3, 0.4) is 0 Å². The summed E-state index contributed by atoms with van der Waals surface area (Å²) in [7, 11) is 3.00. The molecule has 1 aromatic heterocycles. The predicted octanol–water partition coefficient (Wildman–Crippen LogP) is 5.46. The molecule has 44 heavy (non-hydrogen) atoms. The summed E-state index contributed by atoms with van der Waals surface area (Å²) < 4.78 is 10.7. The van der Waals surface area contributed by atoms with Crippen LogP contribution in [0, 0.1) is 0 Å². The summed E-state index contributed by atoms with van der Waals surface area (Å²) in [5.74, 6) is -1.51. The van der Waals surface area contributed by atoms with E-state index in [1.54, 1.807) is 61.5 Å². The van der Waals surface area contributed by atoms with Gasteiger partial charge in [0.25, 0.3) is 11.7 Å². The number of Topliss-reactive ketones (excluding diaryl/α,β-unsaturated/α-hetero) is 1. The van der Waals surface area contributed by atoms with Crippen LogP contribution in [0.5, 0.6) is 11.5 Å². The highest BCUT2D eigenvalue weighted by molar-refractivity contribution is 7.09. The second kappa shape index (κ2) is 13.3. The summed E-state index contributed by atoms with van der Waals surface area (Å²) in [6, 6.07) is 17.8. The SMILES string of the molecule is CCC(C(=O)Nc1ccc(OC)cc1OC)N(Cc1nc(-c2ccc(Cl)cc2)cs1)C(=O)CN1C(=O)C(=O)c2ccccc21. The van der Waals surface area contributed by atoms with Crippen molar-refractivity contribution >= 4 is 57.8 Å².